The van der Waals surface area contributed by atoms with Crippen molar-refractivity contribution in [1.29, 1.82) is 0 Å². The fraction of sp³-hybridized carbons (Fsp3) is 0.192. The average molecular weight is 541 g/mol. The number of nitrogens with one attached hydrogen (secondary N) is 1. The molecular weight excluding hydrogens is 519 g/mol. The van der Waals surface area contributed by atoms with Crippen LogP contribution in [-0.2, 0) is 6.54 Å². The van der Waals surface area contributed by atoms with Gasteiger partial charge in [-0.25, -0.2) is 0 Å². The highest BCUT2D eigenvalue weighted by Gasteiger charge is 2.23. The number of hydrogen-bond donors (Lipinski definition) is 1. The van der Waals surface area contributed by atoms with E-state index in [1.807, 2.05) is 42.5 Å². The van der Waals surface area contributed by atoms with Crippen LogP contribution in [0, 0.1) is 10.1 Å². The molecular formula is C26H22Cl2N4O3S. The molecule has 1 amide bonds. The highest BCUT2D eigenvalue weighted by molar-refractivity contribution is 7.22. The first-order valence-corrected chi connectivity index (χ1v) is 13.0. The number of non-ortho nitro benzene ring substituents is 1. The van der Waals surface area contributed by atoms with Gasteiger partial charge in [0.25, 0.3) is 11.6 Å². The molecule has 1 fully saturated rings. The fourth-order valence-corrected chi connectivity index (χ4v) is 6.02. The van der Waals surface area contributed by atoms with Crippen molar-refractivity contribution in [3.05, 3.63) is 97.3 Å². The number of hydrogen-bond acceptors (Lipinski definition) is 6. The lowest BCUT2D eigenvalue weighted by molar-refractivity contribution is -0.382. The minimum atomic E-state index is -0.466. The second kappa shape index (κ2) is 10.4. The van der Waals surface area contributed by atoms with Gasteiger partial charge in [0, 0.05) is 60.6 Å². The van der Waals surface area contributed by atoms with Gasteiger partial charge in [-0.05, 0) is 35.9 Å². The maximum absolute atomic E-state index is 12.9. The lowest BCUT2D eigenvalue weighted by Crippen LogP contribution is -2.46. The molecule has 36 heavy (non-hydrogen) atoms. The number of rotatable bonds is 6. The van der Waals surface area contributed by atoms with E-state index in [0.717, 1.165) is 60.3 Å². The summed E-state index contributed by atoms with van der Waals surface area (Å²) in [5, 5.41) is 15.7. The highest BCUT2D eigenvalue weighted by atomic mass is 35.5. The summed E-state index contributed by atoms with van der Waals surface area (Å²) in [5.74, 6) is -0.392. The van der Waals surface area contributed by atoms with Crippen molar-refractivity contribution in [2.24, 2.45) is 0 Å². The molecule has 2 heterocycles. The summed E-state index contributed by atoms with van der Waals surface area (Å²) in [6.45, 7) is 4.49. The molecule has 0 aliphatic carbocycles. The smallest absolute Gasteiger partial charge is 0.287 e. The van der Waals surface area contributed by atoms with Gasteiger partial charge in [0.15, 0.2) is 0 Å². The van der Waals surface area contributed by atoms with Gasteiger partial charge in [0.1, 0.15) is 9.58 Å². The Balaban J connectivity index is 1.22. The van der Waals surface area contributed by atoms with Crippen LogP contribution in [0.25, 0.3) is 10.1 Å². The number of amides is 1. The second-order valence-electron chi connectivity index (χ2n) is 8.51. The summed E-state index contributed by atoms with van der Waals surface area (Å²) >= 11 is 13.7. The van der Waals surface area contributed by atoms with E-state index in [2.05, 4.69) is 21.2 Å². The van der Waals surface area contributed by atoms with Gasteiger partial charge in [0.2, 0.25) is 0 Å². The van der Waals surface area contributed by atoms with E-state index in [9.17, 15) is 14.9 Å². The Hall–Kier alpha value is -3.17. The van der Waals surface area contributed by atoms with E-state index in [1.165, 1.54) is 6.07 Å². The number of benzene rings is 3. The number of nitro groups is 1. The number of halogens is 2. The van der Waals surface area contributed by atoms with E-state index in [4.69, 9.17) is 23.2 Å². The van der Waals surface area contributed by atoms with Crippen molar-refractivity contribution in [3.8, 4) is 0 Å². The van der Waals surface area contributed by atoms with Crippen molar-refractivity contribution in [1.82, 2.24) is 4.90 Å². The molecule has 0 radical (unpaired) electrons. The topological polar surface area (TPSA) is 78.7 Å². The SMILES string of the molecule is O=C(Nc1ccc(N2CCN(Cc3ccccc3Cl)CC2)cc1)c1sc2c([N+](=O)[O-])cccc2c1Cl. The second-order valence-corrected chi connectivity index (χ2v) is 10.3. The van der Waals surface area contributed by atoms with E-state index in [0.29, 0.717) is 15.8 Å². The molecule has 1 aromatic heterocycles. The third-order valence-electron chi connectivity index (χ3n) is 6.25. The molecule has 0 spiro atoms. The molecule has 1 aliphatic heterocycles. The summed E-state index contributed by atoms with van der Waals surface area (Å²) in [4.78, 5) is 28.7. The van der Waals surface area contributed by atoms with Crippen LogP contribution in [0.5, 0.6) is 0 Å². The molecule has 0 unspecified atom stereocenters. The highest BCUT2D eigenvalue weighted by Crippen LogP contribution is 2.40. The number of nitro benzene ring substituents is 1. The quantitative estimate of drug-likeness (QED) is 0.217. The molecule has 4 aromatic rings. The Bertz CT molecular complexity index is 1430. The molecule has 1 aliphatic rings. The van der Waals surface area contributed by atoms with Crippen LogP contribution >= 0.6 is 34.5 Å². The van der Waals surface area contributed by atoms with Crippen LogP contribution in [0.15, 0.2) is 66.7 Å². The normalized spacial score (nSPS) is 14.2. The van der Waals surface area contributed by atoms with E-state index >= 15 is 0 Å². The minimum Gasteiger partial charge on any atom is -0.369 e. The van der Waals surface area contributed by atoms with Crippen molar-refractivity contribution < 1.29 is 9.72 Å². The molecule has 1 N–H and O–H groups in total. The first kappa shape index (κ1) is 24.5. The Morgan fingerprint density at radius 1 is 0.972 bits per heavy atom. The molecule has 0 saturated carbocycles. The number of anilines is 2. The number of nitrogens with zero attached hydrogens (tertiary/aromatic N) is 3. The Morgan fingerprint density at radius 2 is 1.69 bits per heavy atom. The van der Waals surface area contributed by atoms with Gasteiger partial charge in [-0.3, -0.25) is 19.8 Å². The van der Waals surface area contributed by atoms with Gasteiger partial charge in [-0.2, -0.15) is 0 Å². The zero-order valence-electron chi connectivity index (χ0n) is 19.1. The summed E-state index contributed by atoms with van der Waals surface area (Å²) < 4.78 is 0.390. The molecule has 5 rings (SSSR count). The third kappa shape index (κ3) is 5.03. The standard InChI is InChI=1S/C26H22Cl2N4O3S/c27-21-6-2-1-4-17(21)16-30-12-14-31(15-13-30)19-10-8-18(9-11-19)29-26(33)25-23(28)20-5-3-7-22(32(34)35)24(20)36-25/h1-11H,12-16H2,(H,29,33). The van der Waals surface area contributed by atoms with Gasteiger partial charge in [-0.1, -0.05) is 53.5 Å². The van der Waals surface area contributed by atoms with Crippen LogP contribution in [0.3, 0.4) is 0 Å². The molecule has 0 bridgehead atoms. The first-order valence-electron chi connectivity index (χ1n) is 11.4. The van der Waals surface area contributed by atoms with Gasteiger partial charge in [-0.15, -0.1) is 11.3 Å². The predicted octanol–water partition coefficient (Wildman–Crippen LogP) is 6.69. The average Bonchev–Trinajstić information content (AvgIpc) is 3.23. The lowest BCUT2D eigenvalue weighted by Gasteiger charge is -2.36. The maximum atomic E-state index is 12.9. The van der Waals surface area contributed by atoms with Crippen LogP contribution in [0.1, 0.15) is 15.2 Å². The van der Waals surface area contributed by atoms with Crippen molar-refractivity contribution >= 4 is 67.6 Å². The fourth-order valence-electron chi connectivity index (χ4n) is 4.34. The first-order chi connectivity index (χ1) is 17.4. The number of fused-ring (bicyclic) bond motifs is 1. The van der Waals surface area contributed by atoms with Crippen LogP contribution in [0.2, 0.25) is 10.0 Å². The summed E-state index contributed by atoms with van der Waals surface area (Å²) in [5.41, 5.74) is 2.79. The summed E-state index contributed by atoms with van der Waals surface area (Å²) in [6, 6.07) is 20.3. The molecule has 10 heteroatoms. The number of carbonyl (C=O) groups is 1. The third-order valence-corrected chi connectivity index (χ3v) is 8.35. The van der Waals surface area contributed by atoms with E-state index in [1.54, 1.807) is 12.1 Å². The lowest BCUT2D eigenvalue weighted by atomic mass is 10.2. The zero-order chi connectivity index (χ0) is 25.2. The van der Waals surface area contributed by atoms with E-state index < -0.39 is 10.8 Å². The molecule has 184 valence electrons. The van der Waals surface area contributed by atoms with Gasteiger partial charge < -0.3 is 10.2 Å². The van der Waals surface area contributed by atoms with Crippen molar-refractivity contribution in [2.45, 2.75) is 6.54 Å². The largest absolute Gasteiger partial charge is 0.369 e. The van der Waals surface area contributed by atoms with Crippen LogP contribution in [-0.4, -0.2) is 41.9 Å². The number of thiophene rings is 1. The number of carbonyl (C=O) groups excluding carboxylic acids is 1. The molecule has 3 aromatic carbocycles. The molecule has 7 nitrogen and oxygen atoms in total. The molecule has 1 saturated heterocycles. The zero-order valence-corrected chi connectivity index (χ0v) is 21.4. The Labute approximate surface area is 222 Å². The Kier molecular flexibility index (Phi) is 7.11. The van der Waals surface area contributed by atoms with Gasteiger partial charge in [0.05, 0.1) is 9.95 Å². The minimum absolute atomic E-state index is 0.0604. The predicted molar refractivity (Wildman–Crippen MR) is 147 cm³/mol. The van der Waals surface area contributed by atoms with Crippen molar-refractivity contribution in [3.63, 3.8) is 0 Å². The van der Waals surface area contributed by atoms with Crippen molar-refractivity contribution in [2.75, 3.05) is 36.4 Å². The summed E-state index contributed by atoms with van der Waals surface area (Å²) in [6.07, 6.45) is 0. The van der Waals surface area contributed by atoms with E-state index in [-0.39, 0.29) is 15.6 Å². The van der Waals surface area contributed by atoms with Crippen LogP contribution in [0.4, 0.5) is 17.1 Å². The van der Waals surface area contributed by atoms with Gasteiger partial charge >= 0.3 is 0 Å². The summed E-state index contributed by atoms with van der Waals surface area (Å²) in [7, 11) is 0. The molecule has 0 atom stereocenters. The Morgan fingerprint density at radius 3 is 2.39 bits per heavy atom. The maximum Gasteiger partial charge on any atom is 0.287 e. The monoisotopic (exact) mass is 540 g/mol. The van der Waals surface area contributed by atoms with Crippen LogP contribution < -0.4 is 10.2 Å². The number of piperazine rings is 1.